The van der Waals surface area contributed by atoms with Crippen LogP contribution in [0.3, 0.4) is 0 Å². The molecule has 0 bridgehead atoms. The summed E-state index contributed by atoms with van der Waals surface area (Å²) in [6.45, 7) is 4.56. The van der Waals surface area contributed by atoms with Gasteiger partial charge in [-0.25, -0.2) is 0 Å². The number of hydrogen-bond donors (Lipinski definition) is 2. The molecule has 1 heterocycles. The van der Waals surface area contributed by atoms with Crippen molar-refractivity contribution in [3.05, 3.63) is 21.4 Å². The van der Waals surface area contributed by atoms with Gasteiger partial charge < -0.3 is 10.4 Å². The zero-order chi connectivity index (χ0) is 12.0. The number of hydrogen-bond acceptors (Lipinski definition) is 3. The predicted octanol–water partition coefficient (Wildman–Crippen LogP) is 1.99. The highest BCUT2D eigenvalue weighted by molar-refractivity contribution is 7.14. The third-order valence-electron chi connectivity index (χ3n) is 2.38. The van der Waals surface area contributed by atoms with E-state index in [1.54, 1.807) is 11.3 Å². The molecule has 0 saturated carbocycles. The van der Waals surface area contributed by atoms with Crippen molar-refractivity contribution >= 4 is 17.2 Å². The van der Waals surface area contributed by atoms with Crippen LogP contribution in [0.2, 0.25) is 0 Å². The molecule has 0 saturated heterocycles. The molecule has 0 aromatic carbocycles. The average molecular weight is 241 g/mol. The van der Waals surface area contributed by atoms with Gasteiger partial charge in [0.15, 0.2) is 0 Å². The number of amides is 1. The summed E-state index contributed by atoms with van der Waals surface area (Å²) in [4.78, 5) is 13.8. The lowest BCUT2D eigenvalue weighted by Gasteiger charge is -1.98. The van der Waals surface area contributed by atoms with Crippen molar-refractivity contribution in [3.8, 4) is 0 Å². The molecule has 16 heavy (non-hydrogen) atoms. The molecule has 2 N–H and O–H groups in total. The molecule has 1 rings (SSSR count). The molecule has 0 radical (unpaired) electrons. The number of aliphatic hydroxyl groups is 1. The number of carbonyl (C=O) groups is 1. The summed E-state index contributed by atoms with van der Waals surface area (Å²) < 4.78 is 0. The molecule has 0 unspecified atom stereocenters. The van der Waals surface area contributed by atoms with Gasteiger partial charge in [0.2, 0.25) is 0 Å². The van der Waals surface area contributed by atoms with Crippen LogP contribution in [0, 0.1) is 0 Å². The maximum absolute atomic E-state index is 11.7. The van der Waals surface area contributed by atoms with E-state index in [9.17, 15) is 4.79 Å². The Morgan fingerprint density at radius 3 is 2.81 bits per heavy atom. The smallest absolute Gasteiger partial charge is 0.261 e. The van der Waals surface area contributed by atoms with E-state index >= 15 is 0 Å². The van der Waals surface area contributed by atoms with Crippen molar-refractivity contribution in [2.45, 2.75) is 33.1 Å². The molecular weight excluding hydrogens is 222 g/mol. The van der Waals surface area contributed by atoms with Gasteiger partial charge in [0.1, 0.15) is 0 Å². The molecule has 1 aromatic rings. The Morgan fingerprint density at radius 1 is 1.50 bits per heavy atom. The first kappa shape index (κ1) is 13.2. The van der Waals surface area contributed by atoms with E-state index in [0.717, 1.165) is 24.1 Å². The number of aliphatic hydroxyl groups excluding tert-OH is 1. The highest BCUT2D eigenvalue weighted by Gasteiger charge is 2.12. The van der Waals surface area contributed by atoms with Gasteiger partial charge in [0, 0.05) is 11.4 Å². The van der Waals surface area contributed by atoms with Gasteiger partial charge in [-0.3, -0.25) is 4.79 Å². The van der Waals surface area contributed by atoms with E-state index in [0.29, 0.717) is 6.54 Å². The number of carbonyl (C=O) groups excluding carboxylic acids is 1. The second kappa shape index (κ2) is 6.66. The average Bonchev–Trinajstić information content (AvgIpc) is 2.69. The monoisotopic (exact) mass is 241 g/mol. The Labute approximate surface area is 100 Å². The lowest BCUT2D eigenvalue weighted by atomic mass is 10.1. The molecule has 0 spiro atoms. The molecule has 4 heteroatoms. The number of rotatable bonds is 6. The quantitative estimate of drug-likeness (QED) is 0.800. The molecule has 0 aliphatic carbocycles. The molecule has 1 amide bonds. The van der Waals surface area contributed by atoms with Crippen LogP contribution >= 0.6 is 11.3 Å². The summed E-state index contributed by atoms with van der Waals surface area (Å²) >= 11 is 1.57. The first-order chi connectivity index (χ1) is 7.72. The number of thiophene rings is 1. The van der Waals surface area contributed by atoms with Gasteiger partial charge in [-0.2, -0.15) is 0 Å². The minimum Gasteiger partial charge on any atom is -0.395 e. The van der Waals surface area contributed by atoms with Crippen LogP contribution in [0.15, 0.2) is 6.07 Å². The third kappa shape index (κ3) is 3.32. The molecule has 3 nitrogen and oxygen atoms in total. The SMILES string of the molecule is CCCc1sc(C(=O)NCCO)cc1CC. The van der Waals surface area contributed by atoms with Crippen molar-refractivity contribution in [1.29, 1.82) is 0 Å². The van der Waals surface area contributed by atoms with E-state index in [2.05, 4.69) is 19.2 Å². The first-order valence-electron chi connectivity index (χ1n) is 5.73. The Hall–Kier alpha value is -0.870. The number of nitrogens with one attached hydrogen (secondary N) is 1. The van der Waals surface area contributed by atoms with Crippen molar-refractivity contribution in [2.24, 2.45) is 0 Å². The normalized spacial score (nSPS) is 10.4. The molecule has 0 atom stereocenters. The molecule has 90 valence electrons. The molecule has 0 aliphatic rings. The van der Waals surface area contributed by atoms with Gasteiger partial charge in [-0.1, -0.05) is 20.3 Å². The van der Waals surface area contributed by atoms with Crippen LogP contribution in [0.1, 0.15) is 40.4 Å². The zero-order valence-corrected chi connectivity index (χ0v) is 10.7. The summed E-state index contributed by atoms with van der Waals surface area (Å²) in [6.07, 6.45) is 3.12. The summed E-state index contributed by atoms with van der Waals surface area (Å²) in [7, 11) is 0. The lowest BCUT2D eigenvalue weighted by Crippen LogP contribution is -2.25. The van der Waals surface area contributed by atoms with Crippen molar-refractivity contribution < 1.29 is 9.90 Å². The van der Waals surface area contributed by atoms with Crippen LogP contribution in [-0.2, 0) is 12.8 Å². The highest BCUT2D eigenvalue weighted by Crippen LogP contribution is 2.24. The Bertz CT molecular complexity index is 347. The van der Waals surface area contributed by atoms with E-state index in [4.69, 9.17) is 5.11 Å². The Kier molecular flexibility index (Phi) is 5.49. The second-order valence-electron chi connectivity index (χ2n) is 3.64. The summed E-state index contributed by atoms with van der Waals surface area (Å²) in [6, 6.07) is 1.97. The summed E-state index contributed by atoms with van der Waals surface area (Å²) in [5, 5.41) is 11.3. The van der Waals surface area contributed by atoms with Crippen LogP contribution in [0.5, 0.6) is 0 Å². The fourth-order valence-corrected chi connectivity index (χ4v) is 2.84. The highest BCUT2D eigenvalue weighted by atomic mass is 32.1. The Morgan fingerprint density at radius 2 is 2.25 bits per heavy atom. The standard InChI is InChI=1S/C12H19NO2S/c1-3-5-10-9(4-2)8-11(16-10)12(15)13-6-7-14/h8,14H,3-7H2,1-2H3,(H,13,15). The van der Waals surface area contributed by atoms with E-state index in [1.807, 2.05) is 6.07 Å². The summed E-state index contributed by atoms with van der Waals surface area (Å²) in [5.41, 5.74) is 1.28. The molecule has 0 aliphatic heterocycles. The number of aryl methyl sites for hydroxylation is 2. The lowest BCUT2D eigenvalue weighted by molar-refractivity contribution is 0.0949. The van der Waals surface area contributed by atoms with Crippen molar-refractivity contribution in [2.75, 3.05) is 13.2 Å². The van der Waals surface area contributed by atoms with Gasteiger partial charge in [0.05, 0.1) is 11.5 Å². The zero-order valence-electron chi connectivity index (χ0n) is 9.88. The van der Waals surface area contributed by atoms with Crippen LogP contribution in [0.25, 0.3) is 0 Å². The molecule has 1 aromatic heterocycles. The van der Waals surface area contributed by atoms with Gasteiger partial charge in [0.25, 0.3) is 5.91 Å². The van der Waals surface area contributed by atoms with E-state index < -0.39 is 0 Å². The Balaban J connectivity index is 2.77. The van der Waals surface area contributed by atoms with Gasteiger partial charge in [-0.15, -0.1) is 11.3 Å². The summed E-state index contributed by atoms with van der Waals surface area (Å²) in [5.74, 6) is -0.0731. The first-order valence-corrected chi connectivity index (χ1v) is 6.55. The minimum atomic E-state index is -0.0731. The van der Waals surface area contributed by atoms with Gasteiger partial charge >= 0.3 is 0 Å². The fraction of sp³-hybridized carbons (Fsp3) is 0.583. The van der Waals surface area contributed by atoms with Crippen LogP contribution < -0.4 is 5.32 Å². The maximum Gasteiger partial charge on any atom is 0.261 e. The second-order valence-corrected chi connectivity index (χ2v) is 4.78. The molecular formula is C12H19NO2S. The predicted molar refractivity (Wildman–Crippen MR) is 67.1 cm³/mol. The largest absolute Gasteiger partial charge is 0.395 e. The third-order valence-corrected chi connectivity index (χ3v) is 3.61. The van der Waals surface area contributed by atoms with Crippen molar-refractivity contribution in [3.63, 3.8) is 0 Å². The molecule has 0 fully saturated rings. The van der Waals surface area contributed by atoms with Crippen LogP contribution in [0.4, 0.5) is 0 Å². The minimum absolute atomic E-state index is 0.0143. The van der Waals surface area contributed by atoms with Crippen molar-refractivity contribution in [1.82, 2.24) is 5.32 Å². The maximum atomic E-state index is 11.7. The topological polar surface area (TPSA) is 49.3 Å². The van der Waals surface area contributed by atoms with Crippen LogP contribution in [-0.4, -0.2) is 24.2 Å². The fourth-order valence-electron chi connectivity index (χ4n) is 1.57. The van der Waals surface area contributed by atoms with E-state index in [1.165, 1.54) is 10.4 Å². The van der Waals surface area contributed by atoms with Gasteiger partial charge in [-0.05, 0) is 24.5 Å². The van der Waals surface area contributed by atoms with E-state index in [-0.39, 0.29) is 12.5 Å².